The zero-order valence-electron chi connectivity index (χ0n) is 11.9. The third-order valence-electron chi connectivity index (χ3n) is 2.34. The molecule has 0 unspecified atom stereocenters. The van der Waals surface area contributed by atoms with E-state index in [1.165, 1.54) is 18.2 Å². The fraction of sp³-hybridized carbons (Fsp3) is 0.462. The van der Waals surface area contributed by atoms with Gasteiger partial charge in [-0.3, -0.25) is 4.79 Å². The molecule has 0 aliphatic carbocycles. The van der Waals surface area contributed by atoms with Gasteiger partial charge in [0.15, 0.2) is 0 Å². The lowest BCUT2D eigenvalue weighted by Crippen LogP contribution is -2.27. The topological polar surface area (TPSA) is 72.5 Å². The lowest BCUT2D eigenvalue weighted by atomic mass is 10.2. The molecule has 21 heavy (non-hydrogen) atoms. The molecule has 0 aliphatic heterocycles. The highest BCUT2D eigenvalue weighted by Gasteiger charge is 2.29. The maximum atomic E-state index is 12.6. The number of ether oxygens (including phenoxy) is 1. The number of amides is 1. The number of anilines is 1. The second-order valence-electron chi connectivity index (χ2n) is 5.25. The van der Waals surface area contributed by atoms with Crippen LogP contribution >= 0.6 is 0 Å². The number of nitrogens with one attached hydrogen (secondary N) is 1. The van der Waals surface area contributed by atoms with Gasteiger partial charge in [-0.2, -0.15) is 8.78 Å². The molecule has 0 fully saturated rings. The number of rotatable bonds is 5. The fourth-order valence-corrected chi connectivity index (χ4v) is 2.27. The van der Waals surface area contributed by atoms with E-state index >= 15 is 0 Å². The summed E-state index contributed by atoms with van der Waals surface area (Å²) < 4.78 is 53.5. The molecule has 0 heterocycles. The van der Waals surface area contributed by atoms with Gasteiger partial charge in [-0.05, 0) is 32.9 Å². The van der Waals surface area contributed by atoms with Gasteiger partial charge < -0.3 is 10.1 Å². The Balaban J connectivity index is 2.93. The van der Waals surface area contributed by atoms with Crippen LogP contribution in [-0.2, 0) is 19.4 Å². The van der Waals surface area contributed by atoms with Gasteiger partial charge >= 0.3 is 5.76 Å². The number of sulfone groups is 1. The first-order valence-corrected chi connectivity index (χ1v) is 7.63. The molecule has 0 bridgehead atoms. The Hall–Kier alpha value is -1.54. The molecule has 0 saturated carbocycles. The van der Waals surface area contributed by atoms with Gasteiger partial charge in [-0.1, -0.05) is 12.1 Å². The third kappa shape index (κ3) is 5.05. The minimum absolute atomic E-state index is 0.194. The van der Waals surface area contributed by atoms with Crippen molar-refractivity contribution >= 4 is 21.4 Å². The number of hydrogen-bond acceptors (Lipinski definition) is 4. The Bertz CT molecular complexity index is 609. The highest BCUT2D eigenvalue weighted by Crippen LogP contribution is 2.26. The van der Waals surface area contributed by atoms with Crippen molar-refractivity contribution in [3.63, 3.8) is 0 Å². The van der Waals surface area contributed by atoms with Gasteiger partial charge in [-0.15, -0.1) is 0 Å². The minimum atomic E-state index is -4.79. The summed E-state index contributed by atoms with van der Waals surface area (Å²) >= 11 is 0. The van der Waals surface area contributed by atoms with Crippen LogP contribution in [-0.4, -0.2) is 32.3 Å². The van der Waals surface area contributed by atoms with E-state index in [0.717, 1.165) is 6.07 Å². The summed E-state index contributed by atoms with van der Waals surface area (Å²) in [7, 11) is -4.79. The molecular formula is C13H17F2NO4S. The fourth-order valence-electron chi connectivity index (χ4n) is 1.38. The van der Waals surface area contributed by atoms with Crippen LogP contribution in [0.3, 0.4) is 0 Å². The molecular weight excluding hydrogens is 304 g/mol. The quantitative estimate of drug-likeness (QED) is 0.904. The lowest BCUT2D eigenvalue weighted by molar-refractivity contribution is -0.125. The van der Waals surface area contributed by atoms with Crippen LogP contribution in [0, 0.1) is 0 Å². The molecule has 1 aromatic carbocycles. The van der Waals surface area contributed by atoms with Gasteiger partial charge in [0.25, 0.3) is 0 Å². The SMILES string of the molecule is CC(C)(C)OCC(=O)Nc1ccccc1S(=O)(=O)C(F)F. The van der Waals surface area contributed by atoms with E-state index in [2.05, 4.69) is 5.32 Å². The molecule has 1 aromatic rings. The normalized spacial score (nSPS) is 12.5. The first-order valence-electron chi connectivity index (χ1n) is 6.09. The summed E-state index contributed by atoms with van der Waals surface area (Å²) in [6, 6.07) is 4.99. The van der Waals surface area contributed by atoms with Crippen LogP contribution in [0.25, 0.3) is 0 Å². The smallest absolute Gasteiger partial charge is 0.341 e. The molecule has 118 valence electrons. The molecule has 0 spiro atoms. The zero-order chi connectivity index (χ0) is 16.3. The predicted molar refractivity (Wildman–Crippen MR) is 74.0 cm³/mol. The molecule has 5 nitrogen and oxygen atoms in total. The number of halogens is 2. The summed E-state index contributed by atoms with van der Waals surface area (Å²) in [6.45, 7) is 4.92. The Morgan fingerprint density at radius 1 is 1.29 bits per heavy atom. The maximum absolute atomic E-state index is 12.6. The lowest BCUT2D eigenvalue weighted by Gasteiger charge is -2.19. The third-order valence-corrected chi connectivity index (χ3v) is 3.78. The largest absolute Gasteiger partial charge is 0.366 e. The van der Waals surface area contributed by atoms with E-state index in [4.69, 9.17) is 4.74 Å². The Morgan fingerprint density at radius 3 is 2.38 bits per heavy atom. The number of hydrogen-bond donors (Lipinski definition) is 1. The summed E-state index contributed by atoms with van der Waals surface area (Å²) in [5, 5.41) is 2.27. The molecule has 0 atom stereocenters. The second kappa shape index (κ2) is 6.48. The van der Waals surface area contributed by atoms with Crippen molar-refractivity contribution in [2.45, 2.75) is 37.0 Å². The number of alkyl halides is 2. The molecule has 1 rings (SSSR count). The molecule has 1 amide bonds. The number of para-hydroxylation sites is 1. The van der Waals surface area contributed by atoms with Crippen LogP contribution in [0.5, 0.6) is 0 Å². The molecule has 1 N–H and O–H groups in total. The van der Waals surface area contributed by atoms with Crippen molar-refractivity contribution in [1.29, 1.82) is 0 Å². The second-order valence-corrected chi connectivity index (χ2v) is 7.14. The van der Waals surface area contributed by atoms with Gasteiger partial charge in [0.05, 0.1) is 16.2 Å². The molecule has 0 radical (unpaired) electrons. The molecule has 0 aliphatic rings. The molecule has 8 heteroatoms. The van der Waals surface area contributed by atoms with Crippen molar-refractivity contribution in [2.24, 2.45) is 0 Å². The van der Waals surface area contributed by atoms with E-state index < -0.39 is 32.0 Å². The first kappa shape index (κ1) is 17.5. The summed E-state index contributed by atoms with van der Waals surface area (Å²) in [6.07, 6.45) is 0. The molecule has 0 saturated heterocycles. The summed E-state index contributed by atoms with van der Waals surface area (Å²) in [4.78, 5) is 11.1. The average molecular weight is 321 g/mol. The highest BCUT2D eigenvalue weighted by atomic mass is 32.2. The van der Waals surface area contributed by atoms with Crippen LogP contribution < -0.4 is 5.32 Å². The Morgan fingerprint density at radius 2 is 1.86 bits per heavy atom. The van der Waals surface area contributed by atoms with E-state index in [0.29, 0.717) is 0 Å². The van der Waals surface area contributed by atoms with E-state index in [1.54, 1.807) is 20.8 Å². The summed E-state index contributed by atoms with van der Waals surface area (Å²) in [5.41, 5.74) is -0.744. The van der Waals surface area contributed by atoms with Crippen LogP contribution in [0.15, 0.2) is 29.2 Å². The monoisotopic (exact) mass is 321 g/mol. The van der Waals surface area contributed by atoms with Crippen LogP contribution in [0.2, 0.25) is 0 Å². The minimum Gasteiger partial charge on any atom is -0.366 e. The summed E-state index contributed by atoms with van der Waals surface area (Å²) in [5.74, 6) is -4.18. The van der Waals surface area contributed by atoms with Crippen molar-refractivity contribution in [1.82, 2.24) is 0 Å². The van der Waals surface area contributed by atoms with Crippen molar-refractivity contribution in [3.8, 4) is 0 Å². The van der Waals surface area contributed by atoms with E-state index in [1.807, 2.05) is 0 Å². The molecule has 0 aromatic heterocycles. The Labute approximate surface area is 122 Å². The first-order chi connectivity index (χ1) is 9.54. The van der Waals surface area contributed by atoms with Crippen molar-refractivity contribution in [3.05, 3.63) is 24.3 Å². The average Bonchev–Trinajstić information content (AvgIpc) is 2.36. The Kier molecular flexibility index (Phi) is 5.41. The van der Waals surface area contributed by atoms with Crippen LogP contribution in [0.1, 0.15) is 20.8 Å². The number of carbonyl (C=O) groups excluding carboxylic acids is 1. The zero-order valence-corrected chi connectivity index (χ0v) is 12.7. The van der Waals surface area contributed by atoms with E-state index in [-0.39, 0.29) is 12.3 Å². The van der Waals surface area contributed by atoms with Crippen molar-refractivity contribution < 1.29 is 26.7 Å². The van der Waals surface area contributed by atoms with Gasteiger partial charge in [0.2, 0.25) is 15.7 Å². The van der Waals surface area contributed by atoms with Gasteiger partial charge in [0.1, 0.15) is 6.61 Å². The van der Waals surface area contributed by atoms with Crippen molar-refractivity contribution in [2.75, 3.05) is 11.9 Å². The van der Waals surface area contributed by atoms with Crippen LogP contribution in [0.4, 0.5) is 14.5 Å². The number of benzene rings is 1. The van der Waals surface area contributed by atoms with E-state index in [9.17, 15) is 22.0 Å². The van der Waals surface area contributed by atoms with Gasteiger partial charge in [0, 0.05) is 0 Å². The maximum Gasteiger partial charge on any atom is 0.341 e. The van der Waals surface area contributed by atoms with Gasteiger partial charge in [-0.25, -0.2) is 8.42 Å². The standard InChI is InChI=1S/C13H17F2NO4S/c1-13(2,3)20-8-11(17)16-9-6-4-5-7-10(9)21(18,19)12(14)15/h4-7,12H,8H2,1-3H3,(H,16,17). The highest BCUT2D eigenvalue weighted by molar-refractivity contribution is 7.91. The predicted octanol–water partition coefficient (Wildman–Crippen LogP) is 2.44. The number of carbonyl (C=O) groups is 1.